The highest BCUT2D eigenvalue weighted by Gasteiger charge is 2.24. The zero-order valence-electron chi connectivity index (χ0n) is 11.5. The molecular formula is C13H19N3O2S. The van der Waals surface area contributed by atoms with E-state index < -0.39 is 5.97 Å². The van der Waals surface area contributed by atoms with Gasteiger partial charge in [-0.05, 0) is 0 Å². The summed E-state index contributed by atoms with van der Waals surface area (Å²) in [7, 11) is 0. The van der Waals surface area contributed by atoms with Gasteiger partial charge in [0.2, 0.25) is 0 Å². The molecule has 1 saturated heterocycles. The highest BCUT2D eigenvalue weighted by Crippen LogP contribution is 2.26. The average molecular weight is 281 g/mol. The maximum Gasteiger partial charge on any atom is 0.356 e. The van der Waals surface area contributed by atoms with E-state index >= 15 is 0 Å². The van der Waals surface area contributed by atoms with E-state index in [-0.39, 0.29) is 11.6 Å². The molecule has 0 bridgehead atoms. The number of nitrogens with zero attached hydrogens (tertiary/aromatic N) is 3. The van der Waals surface area contributed by atoms with Gasteiger partial charge >= 0.3 is 5.97 Å². The van der Waals surface area contributed by atoms with Gasteiger partial charge < -0.3 is 10.0 Å². The Kier molecular flexibility index (Phi) is 4.29. The van der Waals surface area contributed by atoms with Gasteiger partial charge in [0.1, 0.15) is 5.82 Å². The van der Waals surface area contributed by atoms with Gasteiger partial charge in [0, 0.05) is 30.0 Å². The van der Waals surface area contributed by atoms with Gasteiger partial charge in [-0.3, -0.25) is 0 Å². The molecule has 104 valence electrons. The fourth-order valence-electron chi connectivity index (χ4n) is 2.09. The second kappa shape index (κ2) is 5.77. The van der Waals surface area contributed by atoms with Gasteiger partial charge in [-0.25, -0.2) is 14.8 Å². The topological polar surface area (TPSA) is 66.3 Å². The number of carbonyl (C=O) groups is 1. The molecule has 6 heteroatoms. The SMILES string of the molecule is CC1CN(c2cnc(C(C)C)nc2C(=O)O)CCS1. The lowest BCUT2D eigenvalue weighted by Crippen LogP contribution is -2.38. The third-order valence-electron chi connectivity index (χ3n) is 3.09. The van der Waals surface area contributed by atoms with Crippen LogP contribution in [0.3, 0.4) is 0 Å². The molecule has 2 rings (SSSR count). The van der Waals surface area contributed by atoms with Crippen LogP contribution in [0, 0.1) is 0 Å². The number of aromatic carboxylic acids is 1. The largest absolute Gasteiger partial charge is 0.476 e. The zero-order chi connectivity index (χ0) is 14.0. The molecule has 1 fully saturated rings. The third-order valence-corrected chi connectivity index (χ3v) is 4.23. The van der Waals surface area contributed by atoms with Crippen molar-refractivity contribution in [3.05, 3.63) is 17.7 Å². The van der Waals surface area contributed by atoms with Crippen molar-refractivity contribution in [1.82, 2.24) is 9.97 Å². The minimum Gasteiger partial charge on any atom is -0.476 e. The molecule has 2 heterocycles. The van der Waals surface area contributed by atoms with Crippen LogP contribution in [0.4, 0.5) is 5.69 Å². The second-order valence-electron chi connectivity index (χ2n) is 5.05. The summed E-state index contributed by atoms with van der Waals surface area (Å²) in [5.41, 5.74) is 0.766. The predicted molar refractivity (Wildman–Crippen MR) is 77.2 cm³/mol. The Morgan fingerprint density at radius 2 is 2.32 bits per heavy atom. The fraction of sp³-hybridized carbons (Fsp3) is 0.615. The van der Waals surface area contributed by atoms with E-state index in [0.717, 1.165) is 18.8 Å². The number of aromatic nitrogens is 2. The van der Waals surface area contributed by atoms with Crippen LogP contribution in [0.1, 0.15) is 43.0 Å². The standard InChI is InChI=1S/C13H19N3O2S/c1-8(2)12-14-6-10(11(15-12)13(17)18)16-4-5-19-9(3)7-16/h6,8-9H,4-5,7H2,1-3H3,(H,17,18). The van der Waals surface area contributed by atoms with Gasteiger partial charge in [0.15, 0.2) is 5.69 Å². The van der Waals surface area contributed by atoms with E-state index in [9.17, 15) is 9.90 Å². The Hall–Kier alpha value is -1.30. The molecule has 1 aliphatic heterocycles. The van der Waals surface area contributed by atoms with Crippen LogP contribution in [0.15, 0.2) is 6.20 Å². The van der Waals surface area contributed by atoms with Crippen LogP contribution in [0.25, 0.3) is 0 Å². The average Bonchev–Trinajstić information content (AvgIpc) is 2.37. The Morgan fingerprint density at radius 1 is 1.58 bits per heavy atom. The van der Waals surface area contributed by atoms with Crippen LogP contribution in [-0.2, 0) is 0 Å². The summed E-state index contributed by atoms with van der Waals surface area (Å²) < 4.78 is 0. The first-order valence-corrected chi connectivity index (χ1v) is 7.50. The van der Waals surface area contributed by atoms with E-state index in [4.69, 9.17) is 0 Å². The lowest BCUT2D eigenvalue weighted by Gasteiger charge is -2.32. The Labute approximate surface area is 117 Å². The smallest absolute Gasteiger partial charge is 0.356 e. The molecule has 0 radical (unpaired) electrons. The first-order chi connectivity index (χ1) is 8.99. The summed E-state index contributed by atoms with van der Waals surface area (Å²) >= 11 is 1.91. The lowest BCUT2D eigenvalue weighted by atomic mass is 10.2. The zero-order valence-corrected chi connectivity index (χ0v) is 12.3. The molecule has 1 aliphatic rings. The van der Waals surface area contributed by atoms with Crippen molar-refractivity contribution in [1.29, 1.82) is 0 Å². The highest BCUT2D eigenvalue weighted by molar-refractivity contribution is 8.00. The summed E-state index contributed by atoms with van der Waals surface area (Å²) in [5, 5.41) is 9.85. The van der Waals surface area contributed by atoms with Crippen molar-refractivity contribution in [2.24, 2.45) is 0 Å². The minimum absolute atomic E-state index is 0.123. The summed E-state index contributed by atoms with van der Waals surface area (Å²) in [4.78, 5) is 22.0. The van der Waals surface area contributed by atoms with E-state index in [2.05, 4.69) is 21.8 Å². The quantitative estimate of drug-likeness (QED) is 0.916. The van der Waals surface area contributed by atoms with E-state index in [1.54, 1.807) is 6.20 Å². The fourth-order valence-corrected chi connectivity index (χ4v) is 3.11. The number of thioether (sulfide) groups is 1. The van der Waals surface area contributed by atoms with Gasteiger partial charge in [0.25, 0.3) is 0 Å². The maximum atomic E-state index is 11.4. The molecule has 0 spiro atoms. The summed E-state index contributed by atoms with van der Waals surface area (Å²) in [6.07, 6.45) is 1.66. The van der Waals surface area contributed by atoms with Crippen molar-refractivity contribution in [3.8, 4) is 0 Å². The van der Waals surface area contributed by atoms with Crippen molar-refractivity contribution in [3.63, 3.8) is 0 Å². The first-order valence-electron chi connectivity index (χ1n) is 6.45. The Morgan fingerprint density at radius 3 is 2.89 bits per heavy atom. The van der Waals surface area contributed by atoms with Gasteiger partial charge in [-0.1, -0.05) is 20.8 Å². The van der Waals surface area contributed by atoms with Crippen molar-refractivity contribution >= 4 is 23.4 Å². The molecule has 0 amide bonds. The van der Waals surface area contributed by atoms with Crippen LogP contribution in [0.5, 0.6) is 0 Å². The van der Waals surface area contributed by atoms with Gasteiger partial charge in [0.05, 0.1) is 11.9 Å². The molecule has 1 N–H and O–H groups in total. The maximum absolute atomic E-state index is 11.4. The monoisotopic (exact) mass is 281 g/mol. The van der Waals surface area contributed by atoms with Gasteiger partial charge in [-0.15, -0.1) is 0 Å². The molecule has 1 aromatic rings. The van der Waals surface area contributed by atoms with Crippen LogP contribution < -0.4 is 4.90 Å². The second-order valence-corrected chi connectivity index (χ2v) is 6.60. The molecule has 1 atom stereocenters. The van der Waals surface area contributed by atoms with Gasteiger partial charge in [-0.2, -0.15) is 11.8 Å². The third kappa shape index (κ3) is 3.18. The Balaban J connectivity index is 2.36. The normalized spacial score (nSPS) is 19.8. The van der Waals surface area contributed by atoms with E-state index in [1.807, 2.05) is 25.6 Å². The van der Waals surface area contributed by atoms with Crippen LogP contribution >= 0.6 is 11.8 Å². The molecular weight excluding hydrogens is 262 g/mol. The molecule has 5 nitrogen and oxygen atoms in total. The number of rotatable bonds is 3. The summed E-state index contributed by atoms with van der Waals surface area (Å²) in [6.45, 7) is 7.76. The first kappa shape index (κ1) is 14.1. The Bertz CT molecular complexity index is 479. The number of hydrogen-bond acceptors (Lipinski definition) is 5. The minimum atomic E-state index is -0.981. The summed E-state index contributed by atoms with van der Waals surface area (Å²) in [6, 6.07) is 0. The predicted octanol–water partition coefficient (Wildman–Crippen LogP) is 2.24. The van der Waals surface area contributed by atoms with E-state index in [0.29, 0.717) is 16.8 Å². The molecule has 19 heavy (non-hydrogen) atoms. The number of carboxylic acid groups (broad SMARTS) is 1. The molecule has 0 saturated carbocycles. The molecule has 1 aromatic heterocycles. The molecule has 1 unspecified atom stereocenters. The number of hydrogen-bond donors (Lipinski definition) is 1. The number of carboxylic acids is 1. The molecule has 0 aromatic carbocycles. The molecule has 0 aliphatic carbocycles. The van der Waals surface area contributed by atoms with Crippen molar-refractivity contribution in [2.75, 3.05) is 23.7 Å². The van der Waals surface area contributed by atoms with Crippen molar-refractivity contribution < 1.29 is 9.90 Å². The lowest BCUT2D eigenvalue weighted by molar-refractivity contribution is 0.0690. The van der Waals surface area contributed by atoms with Crippen LogP contribution in [-0.4, -0.2) is 45.1 Å². The van der Waals surface area contributed by atoms with Crippen molar-refractivity contribution in [2.45, 2.75) is 31.9 Å². The van der Waals surface area contributed by atoms with Crippen LogP contribution in [0.2, 0.25) is 0 Å². The highest BCUT2D eigenvalue weighted by atomic mass is 32.2. The summed E-state index contributed by atoms with van der Waals surface area (Å²) in [5.74, 6) is 0.736. The number of anilines is 1. The van der Waals surface area contributed by atoms with E-state index in [1.165, 1.54) is 0 Å².